The van der Waals surface area contributed by atoms with Gasteiger partial charge in [-0.1, -0.05) is 17.7 Å². The van der Waals surface area contributed by atoms with Crippen molar-refractivity contribution in [1.29, 1.82) is 0 Å². The Morgan fingerprint density at radius 3 is 2.52 bits per heavy atom. The summed E-state index contributed by atoms with van der Waals surface area (Å²) in [5, 5.41) is 14.8. The molecule has 31 heavy (non-hydrogen) atoms. The molecule has 0 spiro atoms. The molecule has 1 fully saturated rings. The van der Waals surface area contributed by atoms with Crippen LogP contribution in [0, 0.1) is 6.92 Å². The highest BCUT2D eigenvalue weighted by Crippen LogP contribution is 2.28. The number of ether oxygens (including phenoxy) is 1. The highest BCUT2D eigenvalue weighted by molar-refractivity contribution is 6.31. The average molecular weight is 446 g/mol. The van der Waals surface area contributed by atoms with Crippen LogP contribution >= 0.6 is 11.6 Å². The minimum absolute atomic E-state index is 0.149. The SMILES string of the molecule is Cc1ccc(Cl)cc1NC(=O)c1cc(NC(=O)CCC(=O)O)ccc1N1CCOCC1. The summed E-state index contributed by atoms with van der Waals surface area (Å²) in [6.45, 7) is 4.26. The number of hydrogen-bond acceptors (Lipinski definition) is 5. The highest BCUT2D eigenvalue weighted by Gasteiger charge is 2.21. The Labute approximate surface area is 185 Å². The van der Waals surface area contributed by atoms with Crippen LogP contribution in [0.1, 0.15) is 28.8 Å². The Kier molecular flexibility index (Phi) is 7.49. The molecule has 0 aliphatic carbocycles. The van der Waals surface area contributed by atoms with Gasteiger partial charge in [0, 0.05) is 41.6 Å². The number of nitrogens with zero attached hydrogens (tertiary/aromatic N) is 1. The van der Waals surface area contributed by atoms with E-state index in [0.717, 1.165) is 11.3 Å². The van der Waals surface area contributed by atoms with Crippen LogP contribution in [0.4, 0.5) is 17.1 Å². The fourth-order valence-corrected chi connectivity index (χ4v) is 3.41. The zero-order chi connectivity index (χ0) is 22.4. The normalized spacial score (nSPS) is 13.5. The third-order valence-electron chi connectivity index (χ3n) is 4.89. The number of halogens is 1. The number of anilines is 3. The van der Waals surface area contributed by atoms with Crippen LogP contribution < -0.4 is 15.5 Å². The number of hydrogen-bond donors (Lipinski definition) is 3. The molecule has 164 valence electrons. The molecule has 9 heteroatoms. The molecule has 1 heterocycles. The van der Waals surface area contributed by atoms with Crippen LogP contribution in [0.5, 0.6) is 0 Å². The van der Waals surface area contributed by atoms with Crippen molar-refractivity contribution in [1.82, 2.24) is 0 Å². The second kappa shape index (κ2) is 10.3. The van der Waals surface area contributed by atoms with Crippen LogP contribution in [-0.4, -0.2) is 49.2 Å². The summed E-state index contributed by atoms with van der Waals surface area (Å²) in [6.07, 6.45) is -0.414. The molecule has 2 aromatic rings. The highest BCUT2D eigenvalue weighted by atomic mass is 35.5. The molecular formula is C22H24ClN3O5. The third-order valence-corrected chi connectivity index (χ3v) is 5.13. The van der Waals surface area contributed by atoms with Crippen LogP contribution in [0.15, 0.2) is 36.4 Å². The Hall–Kier alpha value is -3.10. The van der Waals surface area contributed by atoms with Gasteiger partial charge >= 0.3 is 5.97 Å². The average Bonchev–Trinajstić information content (AvgIpc) is 2.75. The number of aliphatic carboxylic acids is 1. The standard InChI is InChI=1S/C22H24ClN3O5/c1-14-2-3-15(23)12-18(14)25-22(30)17-13-16(24-20(27)6-7-21(28)29)4-5-19(17)26-8-10-31-11-9-26/h2-5,12-13H,6-11H2,1H3,(H,24,27)(H,25,30)(H,28,29). The van der Waals surface area contributed by atoms with Gasteiger partial charge in [0.15, 0.2) is 0 Å². The van der Waals surface area contributed by atoms with Gasteiger partial charge in [-0.15, -0.1) is 0 Å². The van der Waals surface area contributed by atoms with Crippen molar-refractivity contribution in [3.8, 4) is 0 Å². The molecule has 2 amide bonds. The van der Waals surface area contributed by atoms with Crippen molar-refractivity contribution in [2.45, 2.75) is 19.8 Å². The number of morpholine rings is 1. The monoisotopic (exact) mass is 445 g/mol. The molecule has 2 aromatic carbocycles. The van der Waals surface area contributed by atoms with Gasteiger partial charge in [-0.2, -0.15) is 0 Å². The molecule has 0 aromatic heterocycles. The van der Waals surface area contributed by atoms with E-state index in [-0.39, 0.29) is 18.7 Å². The zero-order valence-electron chi connectivity index (χ0n) is 17.1. The van der Waals surface area contributed by atoms with Gasteiger partial charge in [0.25, 0.3) is 5.91 Å². The van der Waals surface area contributed by atoms with Gasteiger partial charge < -0.3 is 25.4 Å². The third kappa shape index (κ3) is 6.19. The zero-order valence-corrected chi connectivity index (χ0v) is 17.9. The van der Waals surface area contributed by atoms with Crippen molar-refractivity contribution in [2.75, 3.05) is 41.8 Å². The molecule has 1 aliphatic rings. The predicted molar refractivity (Wildman–Crippen MR) is 119 cm³/mol. The smallest absolute Gasteiger partial charge is 0.303 e. The molecular weight excluding hydrogens is 422 g/mol. The Bertz CT molecular complexity index is 989. The minimum Gasteiger partial charge on any atom is -0.481 e. The van der Waals surface area contributed by atoms with E-state index in [4.69, 9.17) is 21.4 Å². The van der Waals surface area contributed by atoms with Crippen LogP contribution in [0.2, 0.25) is 5.02 Å². The van der Waals surface area contributed by atoms with Crippen molar-refractivity contribution in [3.63, 3.8) is 0 Å². The Morgan fingerprint density at radius 1 is 1.06 bits per heavy atom. The Balaban J connectivity index is 1.87. The summed E-state index contributed by atoms with van der Waals surface area (Å²) >= 11 is 6.07. The second-order valence-electron chi connectivity index (χ2n) is 7.19. The van der Waals surface area contributed by atoms with Gasteiger partial charge in [0.05, 0.1) is 25.2 Å². The lowest BCUT2D eigenvalue weighted by molar-refractivity contribution is -0.138. The van der Waals surface area contributed by atoms with Crippen molar-refractivity contribution < 1.29 is 24.2 Å². The van der Waals surface area contributed by atoms with E-state index < -0.39 is 11.9 Å². The number of carboxylic acids is 1. The number of carbonyl (C=O) groups is 3. The quantitative estimate of drug-likeness (QED) is 0.601. The fourth-order valence-electron chi connectivity index (χ4n) is 3.24. The molecule has 8 nitrogen and oxygen atoms in total. The van der Waals surface area contributed by atoms with Crippen molar-refractivity contribution in [2.24, 2.45) is 0 Å². The van der Waals surface area contributed by atoms with Crippen LogP contribution in [-0.2, 0) is 14.3 Å². The summed E-state index contributed by atoms with van der Waals surface area (Å²) in [5.41, 5.74) is 2.99. The van der Waals surface area contributed by atoms with E-state index in [1.165, 1.54) is 0 Å². The molecule has 3 rings (SSSR count). The number of carboxylic acid groups (broad SMARTS) is 1. The van der Waals surface area contributed by atoms with E-state index in [0.29, 0.717) is 48.3 Å². The van der Waals surface area contributed by atoms with Crippen LogP contribution in [0.3, 0.4) is 0 Å². The molecule has 1 saturated heterocycles. The first-order chi connectivity index (χ1) is 14.8. The predicted octanol–water partition coefficient (Wildman–Crippen LogP) is 3.54. The summed E-state index contributed by atoms with van der Waals surface area (Å²) in [7, 11) is 0. The number of amides is 2. The van der Waals surface area contributed by atoms with E-state index >= 15 is 0 Å². The number of rotatable bonds is 7. The van der Waals surface area contributed by atoms with Crippen molar-refractivity contribution in [3.05, 3.63) is 52.5 Å². The van der Waals surface area contributed by atoms with E-state index in [2.05, 4.69) is 15.5 Å². The van der Waals surface area contributed by atoms with Gasteiger partial charge in [0.1, 0.15) is 0 Å². The lowest BCUT2D eigenvalue weighted by Crippen LogP contribution is -2.37. The van der Waals surface area contributed by atoms with Crippen molar-refractivity contribution >= 4 is 46.4 Å². The minimum atomic E-state index is -1.05. The van der Waals surface area contributed by atoms with E-state index in [9.17, 15) is 14.4 Å². The Morgan fingerprint density at radius 2 is 1.81 bits per heavy atom. The molecule has 0 unspecified atom stereocenters. The maximum atomic E-state index is 13.2. The number of nitrogens with one attached hydrogen (secondary N) is 2. The molecule has 3 N–H and O–H groups in total. The lowest BCUT2D eigenvalue weighted by atomic mass is 10.1. The number of aryl methyl sites for hydroxylation is 1. The first kappa shape index (κ1) is 22.6. The number of benzene rings is 2. The summed E-state index contributed by atoms with van der Waals surface area (Å²) in [4.78, 5) is 38.0. The molecule has 0 bridgehead atoms. The van der Waals surface area contributed by atoms with E-state index in [1.54, 1.807) is 30.3 Å². The second-order valence-corrected chi connectivity index (χ2v) is 7.62. The summed E-state index contributed by atoms with van der Waals surface area (Å²) in [6, 6.07) is 10.3. The maximum absolute atomic E-state index is 13.2. The van der Waals surface area contributed by atoms with Gasteiger partial charge in [-0.05, 0) is 42.8 Å². The topological polar surface area (TPSA) is 108 Å². The fraction of sp³-hybridized carbons (Fsp3) is 0.318. The summed E-state index contributed by atoms with van der Waals surface area (Å²) in [5.74, 6) is -1.82. The molecule has 0 radical (unpaired) electrons. The van der Waals surface area contributed by atoms with Gasteiger partial charge in [-0.3, -0.25) is 14.4 Å². The maximum Gasteiger partial charge on any atom is 0.303 e. The van der Waals surface area contributed by atoms with Gasteiger partial charge in [-0.25, -0.2) is 0 Å². The first-order valence-corrected chi connectivity index (χ1v) is 10.3. The first-order valence-electron chi connectivity index (χ1n) is 9.89. The lowest BCUT2D eigenvalue weighted by Gasteiger charge is -2.30. The van der Waals surface area contributed by atoms with Crippen LogP contribution in [0.25, 0.3) is 0 Å². The molecule has 1 aliphatic heterocycles. The van der Waals surface area contributed by atoms with E-state index in [1.807, 2.05) is 13.0 Å². The van der Waals surface area contributed by atoms with Gasteiger partial charge in [0.2, 0.25) is 5.91 Å². The largest absolute Gasteiger partial charge is 0.481 e. The summed E-state index contributed by atoms with van der Waals surface area (Å²) < 4.78 is 5.41. The molecule has 0 saturated carbocycles. The molecule has 0 atom stereocenters. The number of carbonyl (C=O) groups excluding carboxylic acids is 2.